The molecular formula is C13H21N3O. The van der Waals surface area contributed by atoms with E-state index in [1.807, 2.05) is 19.4 Å². The molecule has 1 aromatic heterocycles. The Balaban J connectivity index is 1.70. The van der Waals surface area contributed by atoms with E-state index in [-0.39, 0.29) is 0 Å². The van der Waals surface area contributed by atoms with Crippen LogP contribution in [-0.2, 0) is 18.3 Å². The molecular weight excluding hydrogens is 214 g/mol. The zero-order valence-electron chi connectivity index (χ0n) is 10.5. The Morgan fingerprint density at radius 3 is 3.18 bits per heavy atom. The number of aryl methyl sites for hydroxylation is 2. The van der Waals surface area contributed by atoms with Gasteiger partial charge in [-0.1, -0.05) is 0 Å². The fourth-order valence-corrected chi connectivity index (χ4v) is 2.41. The Labute approximate surface area is 102 Å². The highest BCUT2D eigenvalue weighted by Gasteiger charge is 2.16. The van der Waals surface area contributed by atoms with Gasteiger partial charge >= 0.3 is 0 Å². The third-order valence-corrected chi connectivity index (χ3v) is 3.37. The fourth-order valence-electron chi connectivity index (χ4n) is 2.41. The molecule has 2 rings (SSSR count). The molecule has 1 aliphatic heterocycles. The predicted molar refractivity (Wildman–Crippen MR) is 66.7 cm³/mol. The van der Waals surface area contributed by atoms with E-state index in [9.17, 15) is 4.79 Å². The number of nitrogens with zero attached hydrogens (tertiary/aromatic N) is 2. The van der Waals surface area contributed by atoms with Crippen LogP contribution in [0, 0.1) is 5.92 Å². The van der Waals surface area contributed by atoms with Gasteiger partial charge in [-0.3, -0.25) is 9.48 Å². The van der Waals surface area contributed by atoms with Crippen molar-refractivity contribution in [3.63, 3.8) is 0 Å². The molecule has 1 fully saturated rings. The van der Waals surface area contributed by atoms with Crippen molar-refractivity contribution in [1.29, 1.82) is 0 Å². The van der Waals surface area contributed by atoms with Crippen LogP contribution in [0.1, 0.15) is 31.2 Å². The second kappa shape index (κ2) is 5.96. The van der Waals surface area contributed by atoms with Gasteiger partial charge in [0.05, 0.1) is 6.20 Å². The van der Waals surface area contributed by atoms with Gasteiger partial charge < -0.3 is 5.32 Å². The molecule has 17 heavy (non-hydrogen) atoms. The number of carbonyl (C=O) groups is 1. The van der Waals surface area contributed by atoms with E-state index in [2.05, 4.69) is 10.4 Å². The van der Waals surface area contributed by atoms with Crippen LogP contribution < -0.4 is 5.32 Å². The molecule has 2 heterocycles. The molecule has 0 radical (unpaired) electrons. The van der Waals surface area contributed by atoms with Crippen molar-refractivity contribution in [3.8, 4) is 0 Å². The molecule has 1 saturated heterocycles. The van der Waals surface area contributed by atoms with Crippen molar-refractivity contribution in [2.75, 3.05) is 13.1 Å². The Morgan fingerprint density at radius 1 is 1.65 bits per heavy atom. The molecule has 1 aliphatic rings. The van der Waals surface area contributed by atoms with E-state index in [1.165, 1.54) is 12.8 Å². The molecule has 1 N–H and O–H groups in total. The maximum atomic E-state index is 11.8. The van der Waals surface area contributed by atoms with Crippen LogP contribution in [0.25, 0.3) is 0 Å². The molecule has 4 heteroatoms. The fraction of sp³-hybridized carbons (Fsp3) is 0.692. The molecule has 0 saturated carbocycles. The van der Waals surface area contributed by atoms with E-state index < -0.39 is 0 Å². The van der Waals surface area contributed by atoms with Crippen molar-refractivity contribution in [1.82, 2.24) is 15.1 Å². The normalized spacial score (nSPS) is 20.4. The molecule has 0 bridgehead atoms. The van der Waals surface area contributed by atoms with Crippen molar-refractivity contribution in [3.05, 3.63) is 18.0 Å². The van der Waals surface area contributed by atoms with Crippen LogP contribution in [0.2, 0.25) is 0 Å². The minimum atomic E-state index is 0.391. The molecule has 1 aromatic rings. The topological polar surface area (TPSA) is 46.9 Å². The summed E-state index contributed by atoms with van der Waals surface area (Å²) in [7, 11) is 1.90. The smallest absolute Gasteiger partial charge is 0.133 e. The van der Waals surface area contributed by atoms with Gasteiger partial charge in [0.25, 0.3) is 0 Å². The number of ketones is 1. The molecule has 0 aromatic carbocycles. The summed E-state index contributed by atoms with van der Waals surface area (Å²) in [6.07, 6.45) is 8.46. The first-order chi connectivity index (χ1) is 8.24. The van der Waals surface area contributed by atoms with Crippen molar-refractivity contribution < 1.29 is 4.79 Å². The predicted octanol–water partition coefficient (Wildman–Crippen LogP) is 1.31. The Bertz CT molecular complexity index is 366. The number of piperidine rings is 1. The van der Waals surface area contributed by atoms with E-state index in [1.54, 1.807) is 4.68 Å². The number of nitrogens with one attached hydrogen (secondary N) is 1. The molecule has 94 valence electrons. The Kier molecular flexibility index (Phi) is 4.31. The van der Waals surface area contributed by atoms with Gasteiger partial charge in [0.1, 0.15) is 5.78 Å². The first-order valence-corrected chi connectivity index (χ1v) is 6.44. The monoisotopic (exact) mass is 235 g/mol. The Morgan fingerprint density at radius 2 is 2.53 bits per heavy atom. The number of aromatic nitrogens is 2. The summed E-state index contributed by atoms with van der Waals surface area (Å²) < 4.78 is 1.78. The summed E-state index contributed by atoms with van der Waals surface area (Å²) in [6, 6.07) is 0. The number of hydrogen-bond donors (Lipinski definition) is 1. The minimum Gasteiger partial charge on any atom is -0.316 e. The highest BCUT2D eigenvalue weighted by molar-refractivity contribution is 5.78. The van der Waals surface area contributed by atoms with Gasteiger partial charge in [0.2, 0.25) is 0 Å². The quantitative estimate of drug-likeness (QED) is 0.837. The van der Waals surface area contributed by atoms with Crippen LogP contribution in [0.3, 0.4) is 0 Å². The maximum absolute atomic E-state index is 11.8. The van der Waals surface area contributed by atoms with Crippen molar-refractivity contribution in [2.45, 2.75) is 32.1 Å². The van der Waals surface area contributed by atoms with E-state index in [4.69, 9.17) is 0 Å². The lowest BCUT2D eigenvalue weighted by Gasteiger charge is -2.21. The number of Topliss-reactive ketones (excluding diaryl/α,β-unsaturated/α-hetero) is 1. The third-order valence-electron chi connectivity index (χ3n) is 3.37. The average molecular weight is 235 g/mol. The maximum Gasteiger partial charge on any atom is 0.133 e. The zero-order chi connectivity index (χ0) is 12.1. The van der Waals surface area contributed by atoms with Crippen LogP contribution in [-0.4, -0.2) is 28.7 Å². The van der Waals surface area contributed by atoms with Gasteiger partial charge in [-0.15, -0.1) is 0 Å². The minimum absolute atomic E-state index is 0.391. The molecule has 0 spiro atoms. The first-order valence-electron chi connectivity index (χ1n) is 6.44. The van der Waals surface area contributed by atoms with Crippen molar-refractivity contribution in [2.24, 2.45) is 13.0 Å². The summed E-state index contributed by atoms with van der Waals surface area (Å²) in [4.78, 5) is 11.8. The number of rotatable bonds is 5. The summed E-state index contributed by atoms with van der Waals surface area (Å²) in [6.45, 7) is 2.12. The molecule has 1 atom stereocenters. The molecule has 1 unspecified atom stereocenters. The summed E-state index contributed by atoms with van der Waals surface area (Å²) in [5, 5.41) is 7.46. The van der Waals surface area contributed by atoms with Gasteiger partial charge in [-0.05, 0) is 43.8 Å². The first kappa shape index (κ1) is 12.3. The van der Waals surface area contributed by atoms with Gasteiger partial charge in [0, 0.05) is 26.1 Å². The molecule has 0 aliphatic carbocycles. The standard InChI is InChI=1S/C13H21N3O/c1-16-10-12(9-15-16)4-5-13(17)7-11-3-2-6-14-8-11/h9-11,14H,2-8H2,1H3. The largest absolute Gasteiger partial charge is 0.316 e. The summed E-state index contributed by atoms with van der Waals surface area (Å²) in [5.74, 6) is 0.952. The number of carbonyl (C=O) groups excluding carboxylic acids is 1. The van der Waals surface area contributed by atoms with Crippen LogP contribution >= 0.6 is 0 Å². The van der Waals surface area contributed by atoms with Crippen LogP contribution in [0.4, 0.5) is 0 Å². The van der Waals surface area contributed by atoms with Gasteiger partial charge in [-0.25, -0.2) is 0 Å². The van der Waals surface area contributed by atoms with Gasteiger partial charge in [-0.2, -0.15) is 5.10 Å². The Hall–Kier alpha value is -1.16. The zero-order valence-corrected chi connectivity index (χ0v) is 10.5. The third kappa shape index (κ3) is 3.97. The number of hydrogen-bond acceptors (Lipinski definition) is 3. The van der Waals surface area contributed by atoms with E-state index in [0.29, 0.717) is 18.1 Å². The SMILES string of the molecule is Cn1cc(CCC(=O)CC2CCCNC2)cn1. The van der Waals surface area contributed by atoms with E-state index >= 15 is 0 Å². The second-order valence-corrected chi connectivity index (χ2v) is 4.98. The summed E-state index contributed by atoms with van der Waals surface area (Å²) >= 11 is 0. The van der Waals surface area contributed by atoms with Crippen molar-refractivity contribution >= 4 is 5.78 Å². The lowest BCUT2D eigenvalue weighted by atomic mass is 9.92. The van der Waals surface area contributed by atoms with Crippen LogP contribution in [0.5, 0.6) is 0 Å². The van der Waals surface area contributed by atoms with Gasteiger partial charge in [0.15, 0.2) is 0 Å². The molecule has 0 amide bonds. The highest BCUT2D eigenvalue weighted by atomic mass is 16.1. The average Bonchev–Trinajstić information content (AvgIpc) is 2.74. The van der Waals surface area contributed by atoms with Crippen LogP contribution in [0.15, 0.2) is 12.4 Å². The lowest BCUT2D eigenvalue weighted by molar-refractivity contribution is -0.120. The summed E-state index contributed by atoms with van der Waals surface area (Å²) in [5.41, 5.74) is 1.16. The van der Waals surface area contributed by atoms with E-state index in [0.717, 1.165) is 31.5 Å². The highest BCUT2D eigenvalue weighted by Crippen LogP contribution is 2.15. The lowest BCUT2D eigenvalue weighted by Crippen LogP contribution is -2.31. The second-order valence-electron chi connectivity index (χ2n) is 4.98. The molecule has 4 nitrogen and oxygen atoms in total.